The number of carbonyl (C=O) groups is 1. The summed E-state index contributed by atoms with van der Waals surface area (Å²) in [6, 6.07) is 4.88. The molecule has 1 aromatic heterocycles. The van der Waals surface area contributed by atoms with Gasteiger partial charge >= 0.3 is 0 Å². The molecule has 5 nitrogen and oxygen atoms in total. The van der Waals surface area contributed by atoms with Crippen molar-refractivity contribution in [2.45, 2.75) is 18.4 Å². The van der Waals surface area contributed by atoms with Gasteiger partial charge in [-0.3, -0.25) is 4.79 Å². The van der Waals surface area contributed by atoms with E-state index in [9.17, 15) is 15.0 Å². The Balaban J connectivity index is 1.90. The standard InChI is InChI=1S/C15H17NO4S/c17-9-15(4-6-21-7-5-15)16-14(19)10-8-20-12-3-1-2-11(18)13(10)12/h1-3,8,17-18H,4-7,9H2,(H,16,19). The topological polar surface area (TPSA) is 82.7 Å². The van der Waals surface area contributed by atoms with Crippen LogP contribution in [0.5, 0.6) is 5.75 Å². The predicted octanol–water partition coefficient (Wildman–Crippen LogP) is 2.13. The summed E-state index contributed by atoms with van der Waals surface area (Å²) in [7, 11) is 0. The summed E-state index contributed by atoms with van der Waals surface area (Å²) >= 11 is 1.82. The Bertz CT molecular complexity index is 661. The second kappa shape index (κ2) is 5.61. The summed E-state index contributed by atoms with van der Waals surface area (Å²) in [5.74, 6) is 1.52. The molecule has 3 N–H and O–H groups in total. The average Bonchev–Trinajstić information content (AvgIpc) is 2.94. The number of phenolic OH excluding ortho intramolecular Hbond substituents is 1. The Kier molecular flexibility index (Phi) is 3.82. The first-order valence-corrected chi connectivity index (χ1v) is 8.01. The number of furan rings is 1. The van der Waals surface area contributed by atoms with Crippen LogP contribution in [0.2, 0.25) is 0 Å². The maximum absolute atomic E-state index is 12.5. The van der Waals surface area contributed by atoms with Gasteiger partial charge in [0.05, 0.1) is 23.1 Å². The first kappa shape index (κ1) is 14.3. The molecule has 3 rings (SSSR count). The van der Waals surface area contributed by atoms with Crippen LogP contribution in [-0.4, -0.2) is 39.8 Å². The second-order valence-electron chi connectivity index (χ2n) is 5.30. The fourth-order valence-corrected chi connectivity index (χ4v) is 3.90. The van der Waals surface area contributed by atoms with E-state index in [0.717, 1.165) is 24.3 Å². The maximum atomic E-state index is 12.5. The van der Waals surface area contributed by atoms with E-state index in [2.05, 4.69) is 5.32 Å². The minimum Gasteiger partial charge on any atom is -0.507 e. The van der Waals surface area contributed by atoms with Gasteiger partial charge < -0.3 is 19.9 Å². The number of aliphatic hydroxyl groups is 1. The SMILES string of the molecule is O=C(NC1(CO)CCSCC1)c1coc2cccc(O)c12. The fraction of sp³-hybridized carbons (Fsp3) is 0.400. The van der Waals surface area contributed by atoms with E-state index in [4.69, 9.17) is 4.42 Å². The van der Waals surface area contributed by atoms with Gasteiger partial charge in [-0.2, -0.15) is 11.8 Å². The Morgan fingerprint density at radius 3 is 2.86 bits per heavy atom. The van der Waals surface area contributed by atoms with Crippen molar-refractivity contribution in [3.63, 3.8) is 0 Å². The second-order valence-corrected chi connectivity index (χ2v) is 6.53. The van der Waals surface area contributed by atoms with Gasteiger partial charge in [0.15, 0.2) is 0 Å². The van der Waals surface area contributed by atoms with Crippen LogP contribution in [0.25, 0.3) is 11.0 Å². The highest BCUT2D eigenvalue weighted by atomic mass is 32.2. The van der Waals surface area contributed by atoms with Crippen LogP contribution in [0.3, 0.4) is 0 Å². The maximum Gasteiger partial charge on any atom is 0.255 e. The van der Waals surface area contributed by atoms with Gasteiger partial charge in [0.2, 0.25) is 0 Å². The number of aliphatic hydroxyl groups excluding tert-OH is 1. The molecule has 1 aliphatic heterocycles. The van der Waals surface area contributed by atoms with Crippen LogP contribution >= 0.6 is 11.8 Å². The number of hydrogen-bond donors (Lipinski definition) is 3. The summed E-state index contributed by atoms with van der Waals surface area (Å²) in [6.45, 7) is -0.0823. The summed E-state index contributed by atoms with van der Waals surface area (Å²) in [5, 5.41) is 22.9. The van der Waals surface area contributed by atoms with Crippen molar-refractivity contribution in [2.75, 3.05) is 18.1 Å². The van der Waals surface area contributed by atoms with Crippen LogP contribution < -0.4 is 5.32 Å². The molecular formula is C15H17NO4S. The van der Waals surface area contributed by atoms with Crippen LogP contribution in [0.4, 0.5) is 0 Å². The first-order valence-electron chi connectivity index (χ1n) is 6.85. The summed E-state index contributed by atoms with van der Waals surface area (Å²) in [5.41, 5.74) is 0.197. The van der Waals surface area contributed by atoms with Crippen LogP contribution in [0, 0.1) is 0 Å². The number of carbonyl (C=O) groups excluding carboxylic acids is 1. The van der Waals surface area contributed by atoms with Gasteiger partial charge in [0, 0.05) is 0 Å². The number of aromatic hydroxyl groups is 1. The minimum atomic E-state index is -0.573. The van der Waals surface area contributed by atoms with Crippen molar-refractivity contribution in [3.8, 4) is 5.75 Å². The summed E-state index contributed by atoms with van der Waals surface area (Å²) in [6.07, 6.45) is 2.83. The molecule has 1 amide bonds. The third kappa shape index (κ3) is 2.61. The van der Waals surface area contributed by atoms with Gasteiger partial charge in [-0.1, -0.05) is 6.07 Å². The average molecular weight is 307 g/mol. The van der Waals surface area contributed by atoms with Gasteiger partial charge in [-0.15, -0.1) is 0 Å². The van der Waals surface area contributed by atoms with Gasteiger partial charge in [-0.25, -0.2) is 0 Å². The van der Waals surface area contributed by atoms with E-state index in [0.29, 0.717) is 16.5 Å². The molecule has 1 aromatic carbocycles. The normalized spacial score (nSPS) is 17.8. The number of hydrogen-bond acceptors (Lipinski definition) is 5. The molecule has 1 fully saturated rings. The van der Waals surface area contributed by atoms with Crippen molar-refractivity contribution in [1.82, 2.24) is 5.32 Å². The van der Waals surface area contributed by atoms with Gasteiger partial charge in [0.1, 0.15) is 17.6 Å². The third-order valence-corrected chi connectivity index (χ3v) is 4.94. The molecule has 0 unspecified atom stereocenters. The lowest BCUT2D eigenvalue weighted by atomic mass is 9.92. The lowest BCUT2D eigenvalue weighted by Gasteiger charge is -2.36. The molecule has 0 aliphatic carbocycles. The third-order valence-electron chi connectivity index (χ3n) is 3.95. The monoisotopic (exact) mass is 307 g/mol. The van der Waals surface area contributed by atoms with Crippen molar-refractivity contribution >= 4 is 28.6 Å². The van der Waals surface area contributed by atoms with Crippen molar-refractivity contribution in [2.24, 2.45) is 0 Å². The lowest BCUT2D eigenvalue weighted by Crippen LogP contribution is -2.53. The molecule has 21 heavy (non-hydrogen) atoms. The minimum absolute atomic E-state index is 0.0173. The zero-order valence-corrected chi connectivity index (χ0v) is 12.3. The van der Waals surface area contributed by atoms with E-state index >= 15 is 0 Å². The summed E-state index contributed by atoms with van der Waals surface area (Å²) < 4.78 is 5.32. The number of benzene rings is 1. The Labute approximate surface area is 126 Å². The fourth-order valence-electron chi connectivity index (χ4n) is 2.63. The molecule has 0 saturated carbocycles. The smallest absolute Gasteiger partial charge is 0.255 e. The molecule has 0 bridgehead atoms. The molecule has 0 atom stereocenters. The first-order chi connectivity index (χ1) is 10.2. The summed E-state index contributed by atoms with van der Waals surface area (Å²) in [4.78, 5) is 12.5. The molecule has 6 heteroatoms. The van der Waals surface area contributed by atoms with Crippen LogP contribution in [-0.2, 0) is 0 Å². The zero-order valence-electron chi connectivity index (χ0n) is 11.5. The van der Waals surface area contributed by atoms with E-state index in [1.807, 2.05) is 11.8 Å². The Morgan fingerprint density at radius 1 is 1.38 bits per heavy atom. The number of thioether (sulfide) groups is 1. The van der Waals surface area contributed by atoms with Crippen molar-refractivity contribution in [3.05, 3.63) is 30.0 Å². The number of nitrogens with one attached hydrogen (secondary N) is 1. The number of fused-ring (bicyclic) bond motifs is 1. The predicted molar refractivity (Wildman–Crippen MR) is 81.7 cm³/mol. The highest BCUT2D eigenvalue weighted by Crippen LogP contribution is 2.31. The van der Waals surface area contributed by atoms with E-state index < -0.39 is 5.54 Å². The molecule has 0 spiro atoms. The molecule has 1 aliphatic rings. The van der Waals surface area contributed by atoms with Crippen LogP contribution in [0.1, 0.15) is 23.2 Å². The van der Waals surface area contributed by atoms with Crippen LogP contribution in [0.15, 0.2) is 28.9 Å². The molecule has 0 radical (unpaired) electrons. The number of rotatable bonds is 3. The quantitative estimate of drug-likeness (QED) is 0.809. The Morgan fingerprint density at radius 2 is 2.14 bits per heavy atom. The largest absolute Gasteiger partial charge is 0.507 e. The van der Waals surface area contributed by atoms with Crippen molar-refractivity contribution < 1.29 is 19.4 Å². The number of phenols is 1. The highest BCUT2D eigenvalue weighted by molar-refractivity contribution is 7.99. The molecule has 1 saturated heterocycles. The molecule has 2 heterocycles. The molecular weight excluding hydrogens is 290 g/mol. The zero-order chi connectivity index (χ0) is 14.9. The van der Waals surface area contributed by atoms with Crippen molar-refractivity contribution in [1.29, 1.82) is 0 Å². The van der Waals surface area contributed by atoms with E-state index in [-0.39, 0.29) is 18.3 Å². The van der Waals surface area contributed by atoms with E-state index in [1.165, 1.54) is 12.3 Å². The van der Waals surface area contributed by atoms with E-state index in [1.54, 1.807) is 12.1 Å². The Hall–Kier alpha value is -1.66. The molecule has 2 aromatic rings. The van der Waals surface area contributed by atoms with Gasteiger partial charge in [0.25, 0.3) is 5.91 Å². The highest BCUT2D eigenvalue weighted by Gasteiger charge is 2.34. The molecule has 112 valence electrons. The number of amides is 1. The van der Waals surface area contributed by atoms with Gasteiger partial charge in [-0.05, 0) is 36.5 Å². The lowest BCUT2D eigenvalue weighted by molar-refractivity contribution is 0.0818.